The van der Waals surface area contributed by atoms with Crippen LogP contribution in [0, 0.1) is 0 Å². The summed E-state index contributed by atoms with van der Waals surface area (Å²) in [6.07, 6.45) is 0.817. The third kappa shape index (κ3) is 2.63. The Morgan fingerprint density at radius 2 is 2.19 bits per heavy atom. The van der Waals surface area contributed by atoms with E-state index in [-0.39, 0.29) is 0 Å². The minimum atomic E-state index is -0.852. The maximum Gasteiger partial charge on any atom is 0.179 e. The first kappa shape index (κ1) is 14.7. The summed E-state index contributed by atoms with van der Waals surface area (Å²) in [6, 6.07) is 3.45. The van der Waals surface area contributed by atoms with E-state index in [1.165, 1.54) is 0 Å². The minimum Gasteiger partial charge on any atom is -0.486 e. The fourth-order valence-corrected chi connectivity index (χ4v) is 3.13. The lowest BCUT2D eigenvalue weighted by Crippen LogP contribution is -2.16. The Balaban J connectivity index is 2.04. The Kier molecular flexibility index (Phi) is 4.10. The highest BCUT2D eigenvalue weighted by Gasteiger charge is 2.23. The third-order valence-electron chi connectivity index (χ3n) is 3.33. The van der Waals surface area contributed by atoms with Crippen LogP contribution in [0.2, 0.25) is 5.02 Å². The van der Waals surface area contributed by atoms with E-state index in [9.17, 15) is 5.11 Å². The number of aromatic nitrogens is 2. The molecule has 0 spiro atoms. The van der Waals surface area contributed by atoms with Gasteiger partial charge < -0.3 is 14.6 Å². The number of nitrogens with zero attached hydrogens (tertiary/aromatic N) is 2. The molecule has 1 aliphatic heterocycles. The monoisotopic (exact) mass is 372 g/mol. The molecular weight excluding hydrogens is 360 g/mol. The van der Waals surface area contributed by atoms with Crippen LogP contribution >= 0.6 is 27.5 Å². The van der Waals surface area contributed by atoms with Gasteiger partial charge in [0.1, 0.15) is 19.3 Å². The molecule has 0 saturated heterocycles. The van der Waals surface area contributed by atoms with Crippen molar-refractivity contribution in [1.29, 1.82) is 0 Å². The molecule has 1 aliphatic rings. The number of aryl methyl sites for hydroxylation is 1. The SMILES string of the molecule is CCn1ncc(Br)c1C(O)c1cc(Cl)c2c(c1)OCCO2. The first-order chi connectivity index (χ1) is 10.1. The molecule has 0 aliphatic carbocycles. The highest BCUT2D eigenvalue weighted by Crippen LogP contribution is 2.41. The van der Waals surface area contributed by atoms with Crippen molar-refractivity contribution in [2.75, 3.05) is 13.2 Å². The summed E-state index contributed by atoms with van der Waals surface area (Å²) in [5.41, 5.74) is 1.32. The highest BCUT2D eigenvalue weighted by atomic mass is 79.9. The Morgan fingerprint density at radius 1 is 1.43 bits per heavy atom. The first-order valence-electron chi connectivity index (χ1n) is 6.60. The van der Waals surface area contributed by atoms with Crippen molar-refractivity contribution < 1.29 is 14.6 Å². The van der Waals surface area contributed by atoms with Crippen LogP contribution in [0.3, 0.4) is 0 Å². The van der Waals surface area contributed by atoms with Crippen LogP contribution in [-0.4, -0.2) is 28.1 Å². The standard InChI is InChI=1S/C14H14BrClN2O3/c1-2-18-12(9(15)7-17-18)13(19)8-5-10(16)14-11(6-8)20-3-4-21-14/h5-7,13,19H,2-4H2,1H3. The highest BCUT2D eigenvalue weighted by molar-refractivity contribution is 9.10. The van der Waals surface area contributed by atoms with Crippen molar-refractivity contribution in [2.24, 2.45) is 0 Å². The summed E-state index contributed by atoms with van der Waals surface area (Å²) in [4.78, 5) is 0. The number of fused-ring (bicyclic) bond motifs is 1. The van der Waals surface area contributed by atoms with Crippen LogP contribution in [0.5, 0.6) is 11.5 Å². The van der Waals surface area contributed by atoms with Gasteiger partial charge in [-0.3, -0.25) is 4.68 Å². The van der Waals surface area contributed by atoms with E-state index < -0.39 is 6.10 Å². The van der Waals surface area contributed by atoms with Crippen LogP contribution in [0.25, 0.3) is 0 Å². The van der Waals surface area contributed by atoms with Gasteiger partial charge in [0.05, 0.1) is 21.4 Å². The van der Waals surface area contributed by atoms with Crippen molar-refractivity contribution in [3.8, 4) is 11.5 Å². The van der Waals surface area contributed by atoms with E-state index in [0.717, 1.165) is 4.47 Å². The van der Waals surface area contributed by atoms with Gasteiger partial charge in [0.15, 0.2) is 11.5 Å². The summed E-state index contributed by atoms with van der Waals surface area (Å²) in [5, 5.41) is 15.3. The number of hydrogen-bond acceptors (Lipinski definition) is 4. The lowest BCUT2D eigenvalue weighted by atomic mass is 10.1. The number of aliphatic hydroxyl groups is 1. The molecule has 1 aromatic heterocycles. The predicted molar refractivity (Wildman–Crippen MR) is 82.1 cm³/mol. The summed E-state index contributed by atoms with van der Waals surface area (Å²) < 4.78 is 13.5. The maximum absolute atomic E-state index is 10.7. The van der Waals surface area contributed by atoms with Crippen molar-refractivity contribution in [3.63, 3.8) is 0 Å². The van der Waals surface area contributed by atoms with E-state index in [0.29, 0.717) is 47.5 Å². The molecule has 5 nitrogen and oxygen atoms in total. The van der Waals surface area contributed by atoms with Crippen LogP contribution in [0.1, 0.15) is 24.3 Å². The molecule has 2 heterocycles. The molecule has 112 valence electrons. The molecule has 21 heavy (non-hydrogen) atoms. The molecule has 0 bridgehead atoms. The quantitative estimate of drug-likeness (QED) is 0.898. The van der Waals surface area contributed by atoms with Crippen LogP contribution in [0.4, 0.5) is 0 Å². The number of rotatable bonds is 3. The van der Waals surface area contributed by atoms with Crippen molar-refractivity contribution in [2.45, 2.75) is 19.6 Å². The Morgan fingerprint density at radius 3 is 2.95 bits per heavy atom. The Labute approximate surface area is 135 Å². The Bertz CT molecular complexity index is 674. The molecule has 0 radical (unpaired) electrons. The number of hydrogen-bond donors (Lipinski definition) is 1. The zero-order valence-electron chi connectivity index (χ0n) is 11.3. The van der Waals surface area contributed by atoms with E-state index in [4.69, 9.17) is 21.1 Å². The second-order valence-electron chi connectivity index (χ2n) is 4.62. The smallest absolute Gasteiger partial charge is 0.179 e. The maximum atomic E-state index is 10.7. The van der Waals surface area contributed by atoms with Gasteiger partial charge in [-0.25, -0.2) is 0 Å². The Hall–Kier alpha value is -1.24. The summed E-state index contributed by atoms with van der Waals surface area (Å²) in [7, 11) is 0. The zero-order chi connectivity index (χ0) is 15.0. The van der Waals surface area contributed by atoms with Crippen molar-refractivity contribution >= 4 is 27.5 Å². The van der Waals surface area contributed by atoms with Gasteiger partial charge in [0.25, 0.3) is 0 Å². The molecular formula is C14H14BrClN2O3. The topological polar surface area (TPSA) is 56.5 Å². The molecule has 0 saturated carbocycles. The van der Waals surface area contributed by atoms with E-state index in [1.54, 1.807) is 23.0 Å². The number of benzene rings is 1. The van der Waals surface area contributed by atoms with Gasteiger partial charge in [-0.05, 0) is 40.5 Å². The molecule has 1 atom stereocenters. The lowest BCUT2D eigenvalue weighted by Gasteiger charge is -2.22. The van der Waals surface area contributed by atoms with E-state index >= 15 is 0 Å². The van der Waals surface area contributed by atoms with E-state index in [2.05, 4.69) is 21.0 Å². The van der Waals surface area contributed by atoms with Gasteiger partial charge >= 0.3 is 0 Å². The average molecular weight is 374 g/mol. The molecule has 3 rings (SSSR count). The molecule has 1 unspecified atom stereocenters. The largest absolute Gasteiger partial charge is 0.486 e. The third-order valence-corrected chi connectivity index (χ3v) is 4.22. The minimum absolute atomic E-state index is 0.430. The number of halogens is 2. The second kappa shape index (κ2) is 5.87. The van der Waals surface area contributed by atoms with Crippen LogP contribution < -0.4 is 9.47 Å². The summed E-state index contributed by atoms with van der Waals surface area (Å²) in [6.45, 7) is 3.57. The van der Waals surface area contributed by atoms with Gasteiger partial charge in [-0.2, -0.15) is 5.10 Å². The van der Waals surface area contributed by atoms with Crippen LogP contribution in [0.15, 0.2) is 22.8 Å². The molecule has 1 N–H and O–H groups in total. The van der Waals surface area contributed by atoms with Gasteiger partial charge in [-0.1, -0.05) is 11.6 Å². The first-order valence-corrected chi connectivity index (χ1v) is 7.77. The van der Waals surface area contributed by atoms with Gasteiger partial charge in [0.2, 0.25) is 0 Å². The zero-order valence-corrected chi connectivity index (χ0v) is 13.7. The molecule has 0 amide bonds. The fraction of sp³-hybridized carbons (Fsp3) is 0.357. The predicted octanol–water partition coefficient (Wildman–Crippen LogP) is 3.17. The lowest BCUT2D eigenvalue weighted by molar-refractivity contribution is 0.169. The van der Waals surface area contributed by atoms with E-state index in [1.807, 2.05) is 6.92 Å². The summed E-state index contributed by atoms with van der Waals surface area (Å²) in [5.74, 6) is 1.09. The second-order valence-corrected chi connectivity index (χ2v) is 5.88. The number of ether oxygens (including phenoxy) is 2. The normalized spacial score (nSPS) is 15.0. The molecule has 7 heteroatoms. The van der Waals surface area contributed by atoms with Gasteiger partial charge in [-0.15, -0.1) is 0 Å². The van der Waals surface area contributed by atoms with Crippen molar-refractivity contribution in [3.05, 3.63) is 39.1 Å². The average Bonchev–Trinajstić information content (AvgIpc) is 2.87. The molecule has 0 fully saturated rings. The van der Waals surface area contributed by atoms with Crippen LogP contribution in [-0.2, 0) is 6.54 Å². The summed E-state index contributed by atoms with van der Waals surface area (Å²) >= 11 is 9.63. The van der Waals surface area contributed by atoms with Gasteiger partial charge in [0, 0.05) is 6.54 Å². The fourth-order valence-electron chi connectivity index (χ4n) is 2.34. The molecule has 2 aromatic rings. The van der Waals surface area contributed by atoms with Crippen molar-refractivity contribution in [1.82, 2.24) is 9.78 Å². The number of aliphatic hydroxyl groups excluding tert-OH is 1. The molecule has 1 aromatic carbocycles.